The van der Waals surface area contributed by atoms with E-state index in [1.165, 1.54) is 22.4 Å². The Morgan fingerprint density at radius 1 is 1.10 bits per heavy atom. The fraction of sp³-hybridized carbons (Fsp3) is 0.389. The molecule has 1 unspecified atom stereocenters. The van der Waals surface area contributed by atoms with Crippen molar-refractivity contribution in [2.75, 3.05) is 6.54 Å². The minimum atomic E-state index is 0.338. The van der Waals surface area contributed by atoms with Crippen LogP contribution in [0.25, 0.3) is 0 Å². The molecule has 2 rings (SSSR count). The summed E-state index contributed by atoms with van der Waals surface area (Å²) in [6.07, 6.45) is 3.90. The number of nitrogens with zero attached hydrogens (tertiary/aromatic N) is 1. The van der Waals surface area contributed by atoms with Crippen molar-refractivity contribution in [3.05, 3.63) is 65.0 Å². The van der Waals surface area contributed by atoms with Gasteiger partial charge in [0.05, 0.1) is 0 Å². The molecule has 0 radical (unpaired) electrons. The van der Waals surface area contributed by atoms with Crippen molar-refractivity contribution in [1.82, 2.24) is 10.3 Å². The van der Waals surface area contributed by atoms with E-state index < -0.39 is 0 Å². The maximum absolute atomic E-state index is 4.54. The van der Waals surface area contributed by atoms with E-state index >= 15 is 0 Å². The average Bonchev–Trinajstić information content (AvgIpc) is 2.49. The van der Waals surface area contributed by atoms with Crippen molar-refractivity contribution in [1.29, 1.82) is 0 Å². The summed E-state index contributed by atoms with van der Waals surface area (Å²) in [4.78, 5) is 4.54. The van der Waals surface area contributed by atoms with Crippen molar-refractivity contribution < 1.29 is 0 Å². The van der Waals surface area contributed by atoms with Gasteiger partial charge in [0, 0.05) is 24.4 Å². The van der Waals surface area contributed by atoms with Crippen LogP contribution in [0.5, 0.6) is 0 Å². The van der Waals surface area contributed by atoms with Gasteiger partial charge in [0.2, 0.25) is 0 Å². The number of aromatic nitrogens is 1. The molecular weight excluding hydrogens is 244 g/mol. The molecule has 1 aromatic carbocycles. The van der Waals surface area contributed by atoms with Gasteiger partial charge in [0.25, 0.3) is 0 Å². The van der Waals surface area contributed by atoms with E-state index in [4.69, 9.17) is 0 Å². The molecule has 0 aliphatic rings. The van der Waals surface area contributed by atoms with E-state index in [0.717, 1.165) is 19.4 Å². The van der Waals surface area contributed by atoms with Crippen molar-refractivity contribution in [2.45, 2.75) is 39.7 Å². The summed E-state index contributed by atoms with van der Waals surface area (Å²) in [5.41, 5.74) is 5.28. The zero-order chi connectivity index (χ0) is 14.4. The van der Waals surface area contributed by atoms with Gasteiger partial charge in [0.15, 0.2) is 0 Å². The Kier molecular flexibility index (Phi) is 5.31. The minimum Gasteiger partial charge on any atom is -0.310 e. The topological polar surface area (TPSA) is 24.9 Å². The fourth-order valence-electron chi connectivity index (χ4n) is 2.66. The molecule has 0 fully saturated rings. The van der Waals surface area contributed by atoms with E-state index in [1.54, 1.807) is 0 Å². The van der Waals surface area contributed by atoms with Gasteiger partial charge in [-0.15, -0.1) is 0 Å². The van der Waals surface area contributed by atoms with Gasteiger partial charge in [-0.1, -0.05) is 44.2 Å². The standard InChI is InChI=1S/C18H24N2/c1-4-15-10-6-7-11-16(15)18(19-5-2)13-17-14(3)9-8-12-20-17/h6-12,18-19H,4-5,13H2,1-3H3. The van der Waals surface area contributed by atoms with Crippen LogP contribution in [-0.2, 0) is 12.8 Å². The van der Waals surface area contributed by atoms with E-state index in [0.29, 0.717) is 6.04 Å². The molecule has 0 aliphatic carbocycles. The first-order valence-corrected chi connectivity index (χ1v) is 7.47. The first-order chi connectivity index (χ1) is 9.76. The maximum atomic E-state index is 4.54. The van der Waals surface area contributed by atoms with Crippen LogP contribution >= 0.6 is 0 Å². The van der Waals surface area contributed by atoms with E-state index in [1.807, 2.05) is 12.3 Å². The molecule has 106 valence electrons. The second kappa shape index (κ2) is 7.20. The maximum Gasteiger partial charge on any atom is 0.0451 e. The van der Waals surface area contributed by atoms with Crippen LogP contribution in [0.1, 0.15) is 42.3 Å². The Morgan fingerprint density at radius 3 is 2.60 bits per heavy atom. The van der Waals surface area contributed by atoms with Gasteiger partial charge >= 0.3 is 0 Å². The fourth-order valence-corrected chi connectivity index (χ4v) is 2.66. The summed E-state index contributed by atoms with van der Waals surface area (Å²) in [5, 5.41) is 3.61. The van der Waals surface area contributed by atoms with Crippen LogP contribution in [-0.4, -0.2) is 11.5 Å². The summed E-state index contributed by atoms with van der Waals surface area (Å²) in [7, 11) is 0. The molecule has 20 heavy (non-hydrogen) atoms. The van der Waals surface area contributed by atoms with Crippen molar-refractivity contribution in [2.24, 2.45) is 0 Å². The van der Waals surface area contributed by atoms with Crippen molar-refractivity contribution in [3.8, 4) is 0 Å². The largest absolute Gasteiger partial charge is 0.310 e. The first kappa shape index (κ1) is 14.7. The average molecular weight is 268 g/mol. The minimum absolute atomic E-state index is 0.338. The lowest BCUT2D eigenvalue weighted by atomic mass is 9.94. The Hall–Kier alpha value is -1.67. The number of nitrogens with one attached hydrogen (secondary N) is 1. The van der Waals surface area contributed by atoms with Crippen LogP contribution in [0.4, 0.5) is 0 Å². The van der Waals surface area contributed by atoms with Gasteiger partial charge in [-0.25, -0.2) is 0 Å². The zero-order valence-corrected chi connectivity index (χ0v) is 12.7. The molecule has 1 atom stereocenters. The quantitative estimate of drug-likeness (QED) is 0.861. The number of pyridine rings is 1. The molecule has 0 aliphatic heterocycles. The summed E-state index contributed by atoms with van der Waals surface area (Å²) in [5.74, 6) is 0. The van der Waals surface area contributed by atoms with Gasteiger partial charge in [-0.3, -0.25) is 4.98 Å². The molecule has 1 heterocycles. The molecule has 2 nitrogen and oxygen atoms in total. The van der Waals surface area contributed by atoms with Gasteiger partial charge in [0.1, 0.15) is 0 Å². The van der Waals surface area contributed by atoms with Gasteiger partial charge < -0.3 is 5.32 Å². The summed E-state index contributed by atoms with van der Waals surface area (Å²) >= 11 is 0. The van der Waals surface area contributed by atoms with Crippen molar-refractivity contribution in [3.63, 3.8) is 0 Å². The van der Waals surface area contributed by atoms with Crippen LogP contribution in [0, 0.1) is 6.92 Å². The molecule has 0 bridgehead atoms. The molecule has 2 heteroatoms. The lowest BCUT2D eigenvalue weighted by Crippen LogP contribution is -2.24. The monoisotopic (exact) mass is 268 g/mol. The number of aryl methyl sites for hydroxylation is 2. The summed E-state index contributed by atoms with van der Waals surface area (Å²) in [6, 6.07) is 13.2. The number of benzene rings is 1. The Labute approximate surface area is 122 Å². The molecule has 2 aromatic rings. The van der Waals surface area contributed by atoms with E-state index in [2.05, 4.69) is 61.4 Å². The first-order valence-electron chi connectivity index (χ1n) is 7.47. The Bertz CT molecular complexity index is 549. The second-order valence-electron chi connectivity index (χ2n) is 5.13. The van der Waals surface area contributed by atoms with Crippen LogP contribution in [0.15, 0.2) is 42.6 Å². The number of hydrogen-bond acceptors (Lipinski definition) is 2. The third-order valence-electron chi connectivity index (χ3n) is 3.78. The number of likely N-dealkylation sites (N-methyl/N-ethyl adjacent to an activating group) is 1. The molecule has 0 saturated heterocycles. The SMILES string of the molecule is CCNC(Cc1ncccc1C)c1ccccc1CC. The number of hydrogen-bond donors (Lipinski definition) is 1. The third-order valence-corrected chi connectivity index (χ3v) is 3.78. The van der Waals surface area contributed by atoms with E-state index in [9.17, 15) is 0 Å². The summed E-state index contributed by atoms with van der Waals surface area (Å²) in [6.45, 7) is 7.48. The normalized spacial score (nSPS) is 12.3. The highest BCUT2D eigenvalue weighted by molar-refractivity contribution is 5.32. The highest BCUT2D eigenvalue weighted by Crippen LogP contribution is 2.23. The summed E-state index contributed by atoms with van der Waals surface area (Å²) < 4.78 is 0. The van der Waals surface area contributed by atoms with Crippen LogP contribution in [0.3, 0.4) is 0 Å². The lowest BCUT2D eigenvalue weighted by molar-refractivity contribution is 0.539. The van der Waals surface area contributed by atoms with E-state index in [-0.39, 0.29) is 0 Å². The third kappa shape index (κ3) is 3.45. The molecule has 1 N–H and O–H groups in total. The molecule has 0 amide bonds. The highest BCUT2D eigenvalue weighted by Gasteiger charge is 2.15. The Morgan fingerprint density at radius 2 is 1.90 bits per heavy atom. The zero-order valence-electron chi connectivity index (χ0n) is 12.7. The predicted molar refractivity (Wildman–Crippen MR) is 84.9 cm³/mol. The molecule has 0 saturated carbocycles. The number of rotatable bonds is 6. The smallest absolute Gasteiger partial charge is 0.0451 e. The molecule has 0 spiro atoms. The van der Waals surface area contributed by atoms with Crippen LogP contribution < -0.4 is 5.32 Å². The molecule has 1 aromatic heterocycles. The predicted octanol–water partition coefficient (Wildman–Crippen LogP) is 3.85. The molecular formula is C18H24N2. The Balaban J connectivity index is 2.29. The second-order valence-corrected chi connectivity index (χ2v) is 5.13. The lowest BCUT2D eigenvalue weighted by Gasteiger charge is -2.21. The highest BCUT2D eigenvalue weighted by atomic mass is 14.9. The van der Waals surface area contributed by atoms with Gasteiger partial charge in [-0.2, -0.15) is 0 Å². The van der Waals surface area contributed by atoms with Gasteiger partial charge in [-0.05, 0) is 42.6 Å². The van der Waals surface area contributed by atoms with Crippen molar-refractivity contribution >= 4 is 0 Å². The van der Waals surface area contributed by atoms with Crippen LogP contribution in [0.2, 0.25) is 0 Å².